The highest BCUT2D eigenvalue weighted by Gasteiger charge is 2.15. The monoisotopic (exact) mass is 497 g/mol. The predicted molar refractivity (Wildman–Crippen MR) is 144 cm³/mol. The number of phenols is 1. The van der Waals surface area contributed by atoms with Gasteiger partial charge in [-0.1, -0.05) is 54.6 Å². The fourth-order valence-electron chi connectivity index (χ4n) is 3.94. The lowest BCUT2D eigenvalue weighted by Crippen LogP contribution is -2.29. The lowest BCUT2D eigenvalue weighted by atomic mass is 10.0. The summed E-state index contributed by atoms with van der Waals surface area (Å²) in [5, 5.41) is 17.9. The normalized spacial score (nSPS) is 11.6. The lowest BCUT2D eigenvalue weighted by molar-refractivity contribution is 0.477. The molecule has 0 unspecified atom stereocenters. The molecule has 5 aromatic rings. The highest BCUT2D eigenvalue weighted by atomic mass is 32.2. The fraction of sp³-hybridized carbons (Fsp3) is 0.0769. The molecule has 5 rings (SSSR count). The van der Waals surface area contributed by atoms with Gasteiger partial charge in [0.1, 0.15) is 19.4 Å². The van der Waals surface area contributed by atoms with Gasteiger partial charge in [0.25, 0.3) is 0 Å². The maximum atomic E-state index is 12.8. The molecule has 0 saturated heterocycles. The van der Waals surface area contributed by atoms with Crippen molar-refractivity contribution < 1.29 is 13.5 Å². The van der Waals surface area contributed by atoms with E-state index in [1.165, 1.54) is 0 Å². The van der Waals surface area contributed by atoms with E-state index in [1.54, 1.807) is 59.2 Å². The Labute approximate surface area is 210 Å². The lowest BCUT2D eigenvalue weighted by Gasteiger charge is -2.12. The fourth-order valence-corrected chi connectivity index (χ4v) is 4.98. The summed E-state index contributed by atoms with van der Waals surface area (Å²) in [6, 6.07) is 25.4. The molecule has 0 fully saturated rings. The molecule has 3 aromatic carbocycles. The predicted octanol–water partition coefficient (Wildman–Crippen LogP) is 2.42. The summed E-state index contributed by atoms with van der Waals surface area (Å²) in [6.07, 6.45) is 1.71. The van der Waals surface area contributed by atoms with Gasteiger partial charge in [-0.15, -0.1) is 0 Å². The molecular weight excluding hydrogens is 473 g/mol. The van der Waals surface area contributed by atoms with E-state index in [4.69, 9.17) is 0 Å². The van der Waals surface area contributed by atoms with Crippen LogP contribution in [0.2, 0.25) is 0 Å². The second-order valence-electron chi connectivity index (χ2n) is 8.32. The van der Waals surface area contributed by atoms with Crippen molar-refractivity contribution >= 4 is 34.8 Å². The number of rotatable bonds is 8. The Balaban J connectivity index is 1.29. The quantitative estimate of drug-likeness (QED) is 0.225. The number of aromatic hydroxyl groups is 1. The molecule has 0 aliphatic carbocycles. The van der Waals surface area contributed by atoms with Gasteiger partial charge in [0.05, 0.1) is 10.6 Å². The van der Waals surface area contributed by atoms with Crippen LogP contribution in [0, 0.1) is 0 Å². The Hall–Kier alpha value is -4.15. The number of anilines is 1. The Morgan fingerprint density at radius 3 is 2.33 bits per heavy atom. The zero-order valence-electron chi connectivity index (χ0n) is 19.6. The van der Waals surface area contributed by atoms with Gasteiger partial charge < -0.3 is 10.4 Å². The summed E-state index contributed by atoms with van der Waals surface area (Å²) in [7, 11) is -1.76. The minimum Gasteiger partial charge on any atom is -0.507 e. The van der Waals surface area contributed by atoms with Crippen LogP contribution in [0.5, 0.6) is 5.75 Å². The summed E-state index contributed by atoms with van der Waals surface area (Å²) < 4.78 is 29.9. The van der Waals surface area contributed by atoms with Crippen molar-refractivity contribution in [2.24, 2.45) is 0 Å². The van der Waals surface area contributed by atoms with Gasteiger partial charge in [0, 0.05) is 30.9 Å². The second kappa shape index (κ2) is 9.84. The van der Waals surface area contributed by atoms with Gasteiger partial charge in [-0.2, -0.15) is 9.61 Å². The van der Waals surface area contributed by atoms with Gasteiger partial charge in [-0.05, 0) is 40.9 Å². The van der Waals surface area contributed by atoms with Crippen molar-refractivity contribution in [1.82, 2.24) is 19.3 Å². The second-order valence-corrected chi connectivity index (χ2v) is 10.1. The van der Waals surface area contributed by atoms with Gasteiger partial charge >= 0.3 is 0 Å². The molecule has 0 bridgehead atoms. The summed E-state index contributed by atoms with van der Waals surface area (Å²) in [6.45, 7) is 0.484. The molecule has 8 nitrogen and oxygen atoms in total. The highest BCUT2D eigenvalue weighted by molar-refractivity contribution is 7.89. The topological polar surface area (TPSA) is 109 Å². The number of sulfonamides is 1. The van der Waals surface area contributed by atoms with Gasteiger partial charge in [0.15, 0.2) is 5.65 Å². The van der Waals surface area contributed by atoms with E-state index in [2.05, 4.69) is 20.1 Å². The van der Waals surface area contributed by atoms with E-state index in [9.17, 15) is 13.5 Å². The Kier molecular flexibility index (Phi) is 6.45. The van der Waals surface area contributed by atoms with Crippen LogP contribution in [-0.4, -0.2) is 49.1 Å². The minimum absolute atomic E-state index is 0.128. The van der Waals surface area contributed by atoms with Crippen molar-refractivity contribution in [3.05, 3.63) is 91.1 Å². The van der Waals surface area contributed by atoms with E-state index >= 15 is 0 Å². The molecule has 180 valence electrons. The first-order chi connectivity index (χ1) is 17.4. The molecule has 0 amide bonds. The van der Waals surface area contributed by atoms with Crippen molar-refractivity contribution in [1.29, 1.82) is 0 Å². The summed E-state index contributed by atoms with van der Waals surface area (Å²) in [4.78, 5) is 4.86. The third-order valence-corrected chi connectivity index (χ3v) is 7.30. The van der Waals surface area contributed by atoms with Crippen molar-refractivity contribution in [2.45, 2.75) is 4.90 Å². The first kappa shape index (κ1) is 23.6. The largest absolute Gasteiger partial charge is 0.507 e. The number of nitrogens with one attached hydrogen (secondary N) is 2. The van der Waals surface area contributed by atoms with Crippen molar-refractivity contribution in [2.75, 3.05) is 18.4 Å². The maximum absolute atomic E-state index is 12.8. The maximum Gasteiger partial charge on any atom is 0.240 e. The average Bonchev–Trinajstić information content (AvgIpc) is 3.28. The van der Waals surface area contributed by atoms with E-state index in [0.717, 1.165) is 16.6 Å². The molecule has 10 heteroatoms. The molecule has 0 aliphatic rings. The van der Waals surface area contributed by atoms with Crippen LogP contribution in [0.25, 0.3) is 28.0 Å². The highest BCUT2D eigenvalue weighted by Crippen LogP contribution is 2.29. The van der Waals surface area contributed by atoms with Crippen LogP contribution >= 0.6 is 0 Å². The van der Waals surface area contributed by atoms with Gasteiger partial charge in [0.2, 0.25) is 10.0 Å². The Morgan fingerprint density at radius 2 is 1.58 bits per heavy atom. The van der Waals surface area contributed by atoms with Crippen LogP contribution in [-0.2, 0) is 10.0 Å². The molecular formula is C26H24BN5O3S. The molecule has 0 spiro atoms. The number of nitrogens with zero attached hydrogens (tertiary/aromatic N) is 3. The van der Waals surface area contributed by atoms with Crippen LogP contribution in [0.1, 0.15) is 0 Å². The van der Waals surface area contributed by atoms with Crippen LogP contribution in [0.4, 0.5) is 5.82 Å². The van der Waals surface area contributed by atoms with Gasteiger partial charge in [-0.25, -0.2) is 18.1 Å². The minimum atomic E-state index is -3.67. The molecule has 0 atom stereocenters. The zero-order valence-corrected chi connectivity index (χ0v) is 20.4. The molecule has 0 saturated carbocycles. The standard InChI is InChI=1S/C26H24BN5O3S/c27-22-17-29-32-25(16-23(31-26(22)32)21-8-4-5-9-24(21)33)28-14-15-30-36(34,35)20-12-10-19(11-13-20)18-6-2-1-3-7-18/h1-13,16-17,28,30,33H,14-15,27H2. The molecule has 0 radical (unpaired) electrons. The average molecular weight is 497 g/mol. The summed E-state index contributed by atoms with van der Waals surface area (Å²) in [5.74, 6) is 0.765. The number of aromatic nitrogens is 3. The first-order valence-electron chi connectivity index (χ1n) is 11.5. The van der Waals surface area contributed by atoms with Crippen LogP contribution in [0.15, 0.2) is 96.0 Å². The first-order valence-corrected chi connectivity index (χ1v) is 12.9. The van der Waals surface area contributed by atoms with Crippen molar-refractivity contribution in [3.63, 3.8) is 0 Å². The molecule has 36 heavy (non-hydrogen) atoms. The van der Waals surface area contributed by atoms with Crippen LogP contribution < -0.4 is 15.5 Å². The molecule has 3 N–H and O–H groups in total. The van der Waals surface area contributed by atoms with Crippen LogP contribution in [0.3, 0.4) is 0 Å². The molecule has 2 heterocycles. The smallest absolute Gasteiger partial charge is 0.240 e. The van der Waals surface area contributed by atoms with E-state index in [-0.39, 0.29) is 17.2 Å². The Bertz CT molecular complexity index is 1620. The third-order valence-electron chi connectivity index (χ3n) is 5.82. The number of benzene rings is 3. The number of fused-ring (bicyclic) bond motifs is 1. The van der Waals surface area contributed by atoms with E-state index in [0.29, 0.717) is 29.3 Å². The summed E-state index contributed by atoms with van der Waals surface area (Å²) in [5.41, 5.74) is 4.70. The number of para-hydroxylation sites is 1. The SMILES string of the molecule is Bc1cnn2c(NCCNS(=O)(=O)c3ccc(-c4ccccc4)cc3)cc(-c3ccccc3O)nc12. The summed E-state index contributed by atoms with van der Waals surface area (Å²) >= 11 is 0. The Morgan fingerprint density at radius 1 is 0.889 bits per heavy atom. The number of hydrogen-bond donors (Lipinski definition) is 3. The molecule has 0 aliphatic heterocycles. The number of hydrogen-bond acceptors (Lipinski definition) is 6. The molecule has 2 aromatic heterocycles. The third kappa shape index (κ3) is 4.81. The van der Waals surface area contributed by atoms with Crippen molar-refractivity contribution in [3.8, 4) is 28.1 Å². The van der Waals surface area contributed by atoms with E-state index < -0.39 is 10.0 Å². The number of phenolic OH excluding ortho intramolecular Hbond substituents is 1. The van der Waals surface area contributed by atoms with E-state index in [1.807, 2.05) is 44.2 Å². The zero-order chi connectivity index (χ0) is 25.1. The van der Waals surface area contributed by atoms with Gasteiger partial charge in [-0.3, -0.25) is 0 Å².